The first-order valence-corrected chi connectivity index (χ1v) is 13.3. The maximum Gasteiger partial charge on any atom is 0.338 e. The summed E-state index contributed by atoms with van der Waals surface area (Å²) in [6.45, 7) is 8.70. The standard InChI is InChI=1S/C27H27BrN2O5S/c1-5-33-19-11-9-18(10-12-19)24-23(26(32)35-7-3)16(4)29-27-30(24)25(31)22(36-27)15-17-8-13-21(34-6-2)20(28)14-17/h8-15,24H,5-7H2,1-4H3/t24-/m1/s1. The predicted octanol–water partition coefficient (Wildman–Crippen LogP) is 4.36. The molecule has 1 aliphatic heterocycles. The molecule has 0 aliphatic carbocycles. The van der Waals surface area contributed by atoms with E-state index in [1.165, 1.54) is 11.3 Å². The topological polar surface area (TPSA) is 79.1 Å². The third kappa shape index (κ3) is 5.17. The monoisotopic (exact) mass is 570 g/mol. The summed E-state index contributed by atoms with van der Waals surface area (Å²) < 4.78 is 19.4. The van der Waals surface area contributed by atoms with Gasteiger partial charge in [0.05, 0.1) is 46.1 Å². The van der Waals surface area contributed by atoms with E-state index in [1.54, 1.807) is 18.4 Å². The molecular weight excluding hydrogens is 544 g/mol. The maximum absolute atomic E-state index is 13.7. The molecule has 0 unspecified atom stereocenters. The lowest BCUT2D eigenvalue weighted by Gasteiger charge is -2.24. The average Bonchev–Trinajstić information content (AvgIpc) is 3.15. The first-order valence-electron chi connectivity index (χ1n) is 11.7. The number of halogens is 1. The van der Waals surface area contributed by atoms with Crippen LogP contribution in [0.4, 0.5) is 0 Å². The second-order valence-corrected chi connectivity index (χ2v) is 9.79. The number of hydrogen-bond donors (Lipinski definition) is 0. The molecule has 0 fully saturated rings. The normalized spacial score (nSPS) is 15.4. The second kappa shape index (κ2) is 11.3. The number of ether oxygens (including phenoxy) is 3. The molecule has 7 nitrogen and oxygen atoms in total. The number of hydrogen-bond acceptors (Lipinski definition) is 7. The maximum atomic E-state index is 13.7. The fraction of sp³-hybridized carbons (Fsp3) is 0.296. The third-order valence-electron chi connectivity index (χ3n) is 5.58. The number of nitrogens with zero attached hydrogens (tertiary/aromatic N) is 2. The van der Waals surface area contributed by atoms with Crippen LogP contribution in [0.1, 0.15) is 44.9 Å². The molecule has 3 aromatic rings. The van der Waals surface area contributed by atoms with Crippen molar-refractivity contribution < 1.29 is 19.0 Å². The van der Waals surface area contributed by atoms with Crippen molar-refractivity contribution in [2.45, 2.75) is 33.7 Å². The van der Waals surface area contributed by atoms with Gasteiger partial charge in [0.25, 0.3) is 5.56 Å². The Morgan fingerprint density at radius 1 is 1.08 bits per heavy atom. The first-order chi connectivity index (χ1) is 17.4. The predicted molar refractivity (Wildman–Crippen MR) is 143 cm³/mol. The number of carbonyl (C=O) groups excluding carboxylic acids is 1. The van der Waals surface area contributed by atoms with Crippen LogP contribution in [-0.2, 0) is 9.53 Å². The molecule has 188 valence electrons. The quantitative estimate of drug-likeness (QED) is 0.376. The molecule has 2 aromatic carbocycles. The highest BCUT2D eigenvalue weighted by Gasteiger charge is 2.33. The fourth-order valence-corrected chi connectivity index (χ4v) is 5.61. The van der Waals surface area contributed by atoms with E-state index in [0.717, 1.165) is 21.3 Å². The van der Waals surface area contributed by atoms with Gasteiger partial charge in [-0.3, -0.25) is 9.36 Å². The molecule has 0 bridgehead atoms. The van der Waals surface area contributed by atoms with E-state index in [0.29, 0.717) is 39.6 Å². The summed E-state index contributed by atoms with van der Waals surface area (Å²) in [5.41, 5.74) is 2.27. The van der Waals surface area contributed by atoms with Crippen molar-refractivity contribution >= 4 is 39.3 Å². The van der Waals surface area contributed by atoms with E-state index in [1.807, 2.05) is 62.4 Å². The summed E-state index contributed by atoms with van der Waals surface area (Å²) in [5, 5.41) is 0. The molecule has 0 N–H and O–H groups in total. The van der Waals surface area contributed by atoms with Gasteiger partial charge < -0.3 is 14.2 Å². The number of rotatable bonds is 8. The number of thiazole rings is 1. The van der Waals surface area contributed by atoms with Crippen LogP contribution in [0.5, 0.6) is 11.5 Å². The zero-order chi connectivity index (χ0) is 25.8. The van der Waals surface area contributed by atoms with E-state index in [-0.39, 0.29) is 12.2 Å². The minimum absolute atomic E-state index is 0.225. The molecular formula is C27H27BrN2O5S. The number of allylic oxidation sites excluding steroid dienone is 1. The highest BCUT2D eigenvalue weighted by Crippen LogP contribution is 2.32. The van der Waals surface area contributed by atoms with Gasteiger partial charge in [-0.15, -0.1) is 0 Å². The highest BCUT2D eigenvalue weighted by molar-refractivity contribution is 9.10. The van der Waals surface area contributed by atoms with Crippen molar-refractivity contribution in [2.24, 2.45) is 4.99 Å². The largest absolute Gasteiger partial charge is 0.494 e. The second-order valence-electron chi connectivity index (χ2n) is 7.93. The Morgan fingerprint density at radius 3 is 2.44 bits per heavy atom. The summed E-state index contributed by atoms with van der Waals surface area (Å²) in [4.78, 5) is 31.9. The molecule has 1 aromatic heterocycles. The van der Waals surface area contributed by atoms with Gasteiger partial charge in [0.1, 0.15) is 11.5 Å². The Balaban J connectivity index is 1.87. The van der Waals surface area contributed by atoms with Gasteiger partial charge in [-0.25, -0.2) is 9.79 Å². The molecule has 36 heavy (non-hydrogen) atoms. The van der Waals surface area contributed by atoms with Crippen LogP contribution in [0.25, 0.3) is 6.08 Å². The Kier molecular flexibility index (Phi) is 8.11. The summed E-state index contributed by atoms with van der Waals surface area (Å²) in [7, 11) is 0. The molecule has 0 radical (unpaired) electrons. The molecule has 1 aliphatic rings. The number of carbonyl (C=O) groups is 1. The van der Waals surface area contributed by atoms with Gasteiger partial charge in [0, 0.05) is 0 Å². The lowest BCUT2D eigenvalue weighted by atomic mass is 9.96. The molecule has 0 saturated carbocycles. The minimum atomic E-state index is -0.662. The fourth-order valence-electron chi connectivity index (χ4n) is 4.05. The van der Waals surface area contributed by atoms with E-state index >= 15 is 0 Å². The van der Waals surface area contributed by atoms with E-state index in [4.69, 9.17) is 14.2 Å². The van der Waals surface area contributed by atoms with Gasteiger partial charge in [-0.1, -0.05) is 29.5 Å². The van der Waals surface area contributed by atoms with Crippen molar-refractivity contribution in [2.75, 3.05) is 19.8 Å². The molecule has 1 atom stereocenters. The van der Waals surface area contributed by atoms with Gasteiger partial charge in [-0.2, -0.15) is 0 Å². The highest BCUT2D eigenvalue weighted by atomic mass is 79.9. The van der Waals surface area contributed by atoms with Crippen molar-refractivity contribution in [1.29, 1.82) is 0 Å². The lowest BCUT2D eigenvalue weighted by Crippen LogP contribution is -2.39. The number of esters is 1. The van der Waals surface area contributed by atoms with Crippen LogP contribution < -0.4 is 24.4 Å². The van der Waals surface area contributed by atoms with Crippen molar-refractivity contribution in [3.63, 3.8) is 0 Å². The minimum Gasteiger partial charge on any atom is -0.494 e. The molecule has 0 saturated heterocycles. The molecule has 0 spiro atoms. The van der Waals surface area contributed by atoms with Crippen molar-refractivity contribution in [3.05, 3.63) is 89.0 Å². The molecule has 0 amide bonds. The number of benzene rings is 2. The van der Waals surface area contributed by atoms with Crippen molar-refractivity contribution in [3.8, 4) is 11.5 Å². The van der Waals surface area contributed by atoms with E-state index in [2.05, 4.69) is 20.9 Å². The Labute approximate surface area is 221 Å². The molecule has 9 heteroatoms. The van der Waals surface area contributed by atoms with Gasteiger partial charge in [-0.05, 0) is 85.1 Å². The summed E-state index contributed by atoms with van der Waals surface area (Å²) in [6, 6.07) is 12.4. The Bertz CT molecular complexity index is 1490. The summed E-state index contributed by atoms with van der Waals surface area (Å²) in [6.07, 6.45) is 1.82. The average molecular weight is 571 g/mol. The van der Waals surface area contributed by atoms with Gasteiger partial charge >= 0.3 is 5.97 Å². The van der Waals surface area contributed by atoms with Crippen LogP contribution in [0.3, 0.4) is 0 Å². The molecule has 2 heterocycles. The van der Waals surface area contributed by atoms with E-state index < -0.39 is 12.0 Å². The van der Waals surface area contributed by atoms with Gasteiger partial charge in [0.2, 0.25) is 0 Å². The van der Waals surface area contributed by atoms with E-state index in [9.17, 15) is 9.59 Å². The summed E-state index contributed by atoms with van der Waals surface area (Å²) >= 11 is 4.82. The number of aromatic nitrogens is 1. The number of fused-ring (bicyclic) bond motifs is 1. The SMILES string of the molecule is CCOC(=O)C1=C(C)N=c2sc(=Cc3ccc(OCC)c(Br)c3)c(=O)n2[C@@H]1c1ccc(OCC)cc1. The molecule has 4 rings (SSSR count). The van der Waals surface area contributed by atoms with Crippen LogP contribution >= 0.6 is 27.3 Å². The summed E-state index contributed by atoms with van der Waals surface area (Å²) in [5.74, 6) is 0.969. The van der Waals surface area contributed by atoms with Crippen LogP contribution in [0.2, 0.25) is 0 Å². The Hall–Kier alpha value is -3.17. The zero-order valence-electron chi connectivity index (χ0n) is 20.5. The first kappa shape index (κ1) is 25.9. The van der Waals surface area contributed by atoms with Crippen LogP contribution in [0.15, 0.2) is 68.0 Å². The lowest BCUT2D eigenvalue weighted by molar-refractivity contribution is -0.139. The Morgan fingerprint density at radius 2 is 1.81 bits per heavy atom. The van der Waals surface area contributed by atoms with Crippen molar-refractivity contribution in [1.82, 2.24) is 4.57 Å². The van der Waals surface area contributed by atoms with Crippen LogP contribution in [0, 0.1) is 0 Å². The zero-order valence-corrected chi connectivity index (χ0v) is 22.9. The smallest absolute Gasteiger partial charge is 0.338 e. The van der Waals surface area contributed by atoms with Crippen LogP contribution in [-0.4, -0.2) is 30.4 Å². The third-order valence-corrected chi connectivity index (χ3v) is 7.18. The van der Waals surface area contributed by atoms with Gasteiger partial charge in [0.15, 0.2) is 4.80 Å².